The Bertz CT molecular complexity index is 1030. The Labute approximate surface area is 190 Å². The standard InChI is InChI=1S/C27H33N3O2/c1-27(18-25(31)28-2)22-11-5-6-12-24(22)30(26(27)32)20-14-16-29(17-15-20)23-13-7-9-19-8-3-4-10-21(19)23/h3-6,8,10-12,20,23H,7,9,13-18H2,1-2H3,(H,28,31)/t23-,27-/m0/s1. The van der Waals surface area contributed by atoms with Gasteiger partial charge in [-0.25, -0.2) is 0 Å². The summed E-state index contributed by atoms with van der Waals surface area (Å²) in [6.07, 6.45) is 5.78. The second kappa shape index (κ2) is 8.36. The molecule has 2 heterocycles. The first kappa shape index (κ1) is 21.2. The van der Waals surface area contributed by atoms with Gasteiger partial charge in [-0.3, -0.25) is 14.5 Å². The van der Waals surface area contributed by atoms with Gasteiger partial charge in [-0.05, 0) is 61.8 Å². The van der Waals surface area contributed by atoms with E-state index in [1.165, 1.54) is 30.4 Å². The second-order valence-electron chi connectivity index (χ2n) is 9.75. The first-order chi connectivity index (χ1) is 15.5. The van der Waals surface area contributed by atoms with E-state index in [1.807, 2.05) is 36.1 Å². The predicted octanol–water partition coefficient (Wildman–Crippen LogP) is 3.97. The molecule has 168 valence electrons. The molecule has 1 saturated heterocycles. The average Bonchev–Trinajstić information content (AvgIpc) is 3.05. The number of amides is 2. The quantitative estimate of drug-likeness (QED) is 0.797. The molecule has 5 nitrogen and oxygen atoms in total. The summed E-state index contributed by atoms with van der Waals surface area (Å²) in [6.45, 7) is 3.93. The minimum absolute atomic E-state index is 0.0729. The monoisotopic (exact) mass is 431 g/mol. The molecule has 0 bridgehead atoms. The number of carbonyl (C=O) groups is 2. The van der Waals surface area contributed by atoms with Crippen LogP contribution < -0.4 is 10.2 Å². The van der Waals surface area contributed by atoms with Gasteiger partial charge >= 0.3 is 0 Å². The Morgan fingerprint density at radius 2 is 1.78 bits per heavy atom. The highest BCUT2D eigenvalue weighted by molar-refractivity contribution is 6.10. The second-order valence-corrected chi connectivity index (χ2v) is 9.75. The van der Waals surface area contributed by atoms with Crippen molar-refractivity contribution in [2.75, 3.05) is 25.0 Å². The molecule has 0 radical (unpaired) electrons. The fraction of sp³-hybridized carbons (Fsp3) is 0.481. The Hall–Kier alpha value is -2.66. The summed E-state index contributed by atoms with van der Waals surface area (Å²) in [4.78, 5) is 30.6. The number of hydrogen-bond donors (Lipinski definition) is 1. The van der Waals surface area contributed by atoms with Crippen LogP contribution >= 0.6 is 0 Å². The number of fused-ring (bicyclic) bond motifs is 2. The van der Waals surface area contributed by atoms with Crippen LogP contribution in [0.1, 0.15) is 61.8 Å². The van der Waals surface area contributed by atoms with Gasteiger partial charge in [0.05, 0.1) is 5.41 Å². The van der Waals surface area contributed by atoms with E-state index in [1.54, 1.807) is 7.05 Å². The number of anilines is 1. The molecule has 2 aliphatic heterocycles. The average molecular weight is 432 g/mol. The zero-order valence-corrected chi connectivity index (χ0v) is 19.1. The lowest BCUT2D eigenvalue weighted by Gasteiger charge is -2.42. The van der Waals surface area contributed by atoms with Gasteiger partial charge in [0.1, 0.15) is 0 Å². The van der Waals surface area contributed by atoms with Crippen molar-refractivity contribution in [3.05, 3.63) is 65.2 Å². The molecule has 2 amide bonds. The summed E-state index contributed by atoms with van der Waals surface area (Å²) in [6, 6.07) is 17.6. The van der Waals surface area contributed by atoms with Gasteiger partial charge in [-0.2, -0.15) is 0 Å². The fourth-order valence-electron chi connectivity index (χ4n) is 6.15. The molecule has 2 atom stereocenters. The molecular weight excluding hydrogens is 398 g/mol. The van der Waals surface area contributed by atoms with Crippen LogP contribution in [0.2, 0.25) is 0 Å². The molecule has 2 aromatic carbocycles. The molecule has 1 N–H and O–H groups in total. The number of likely N-dealkylation sites (tertiary alicyclic amines) is 1. The van der Waals surface area contributed by atoms with E-state index in [0.717, 1.165) is 37.2 Å². The molecule has 32 heavy (non-hydrogen) atoms. The maximum absolute atomic E-state index is 13.7. The van der Waals surface area contributed by atoms with Crippen molar-refractivity contribution in [2.45, 2.75) is 62.9 Å². The zero-order chi connectivity index (χ0) is 22.3. The van der Waals surface area contributed by atoms with Crippen LogP contribution in [0.4, 0.5) is 5.69 Å². The molecule has 0 spiro atoms. The van der Waals surface area contributed by atoms with E-state index >= 15 is 0 Å². The molecule has 0 unspecified atom stereocenters. The Morgan fingerprint density at radius 3 is 2.56 bits per heavy atom. The van der Waals surface area contributed by atoms with Gasteiger partial charge in [0.15, 0.2) is 0 Å². The lowest BCUT2D eigenvalue weighted by molar-refractivity contribution is -0.129. The van der Waals surface area contributed by atoms with E-state index in [2.05, 4.69) is 34.5 Å². The van der Waals surface area contributed by atoms with Crippen molar-refractivity contribution < 1.29 is 9.59 Å². The van der Waals surface area contributed by atoms with E-state index in [4.69, 9.17) is 0 Å². The van der Waals surface area contributed by atoms with Crippen LogP contribution in [0, 0.1) is 0 Å². The van der Waals surface area contributed by atoms with E-state index in [9.17, 15) is 9.59 Å². The predicted molar refractivity (Wildman–Crippen MR) is 127 cm³/mol. The number of para-hydroxylation sites is 1. The fourth-order valence-corrected chi connectivity index (χ4v) is 6.15. The molecule has 1 fully saturated rings. The first-order valence-corrected chi connectivity index (χ1v) is 12.0. The highest BCUT2D eigenvalue weighted by Gasteiger charge is 2.50. The molecule has 3 aliphatic rings. The number of aryl methyl sites for hydroxylation is 1. The van der Waals surface area contributed by atoms with Gasteiger partial charge in [-0.1, -0.05) is 42.5 Å². The third kappa shape index (κ3) is 3.43. The minimum atomic E-state index is -0.796. The van der Waals surface area contributed by atoms with Gasteiger partial charge in [0.2, 0.25) is 11.8 Å². The summed E-state index contributed by atoms with van der Waals surface area (Å²) in [5.74, 6) is -0.0213. The number of benzene rings is 2. The van der Waals surface area contributed by atoms with Crippen molar-refractivity contribution in [2.24, 2.45) is 0 Å². The van der Waals surface area contributed by atoms with Gasteiger partial charge < -0.3 is 10.2 Å². The van der Waals surface area contributed by atoms with Gasteiger partial charge in [-0.15, -0.1) is 0 Å². The third-order valence-electron chi connectivity index (χ3n) is 7.88. The van der Waals surface area contributed by atoms with Crippen LogP contribution in [-0.4, -0.2) is 42.9 Å². The molecule has 5 heteroatoms. The Balaban J connectivity index is 1.35. The molecular formula is C27H33N3O2. The number of piperidine rings is 1. The molecule has 1 aliphatic carbocycles. The minimum Gasteiger partial charge on any atom is -0.359 e. The highest BCUT2D eigenvalue weighted by atomic mass is 16.2. The van der Waals surface area contributed by atoms with Crippen molar-refractivity contribution in [3.63, 3.8) is 0 Å². The maximum atomic E-state index is 13.7. The van der Waals surface area contributed by atoms with Crippen LogP contribution in [0.15, 0.2) is 48.5 Å². The van der Waals surface area contributed by atoms with Crippen LogP contribution in [0.5, 0.6) is 0 Å². The maximum Gasteiger partial charge on any atom is 0.238 e. The van der Waals surface area contributed by atoms with Gasteiger partial charge in [0, 0.05) is 44.3 Å². The first-order valence-electron chi connectivity index (χ1n) is 12.0. The van der Waals surface area contributed by atoms with E-state index in [0.29, 0.717) is 6.04 Å². The highest BCUT2D eigenvalue weighted by Crippen LogP contribution is 2.46. The number of nitrogens with one attached hydrogen (secondary N) is 1. The molecule has 0 saturated carbocycles. The largest absolute Gasteiger partial charge is 0.359 e. The zero-order valence-electron chi connectivity index (χ0n) is 19.1. The molecule has 2 aromatic rings. The van der Waals surface area contributed by atoms with Crippen LogP contribution in [0.3, 0.4) is 0 Å². The lowest BCUT2D eigenvalue weighted by Crippen LogP contribution is -2.50. The van der Waals surface area contributed by atoms with Crippen LogP contribution in [0.25, 0.3) is 0 Å². The SMILES string of the molecule is CNC(=O)C[C@]1(C)C(=O)N(C2CCN([C@H]3CCCc4ccccc43)CC2)c2ccccc21. The topological polar surface area (TPSA) is 52.7 Å². The van der Waals surface area contributed by atoms with Crippen molar-refractivity contribution in [1.29, 1.82) is 0 Å². The van der Waals surface area contributed by atoms with Crippen molar-refractivity contribution in [3.8, 4) is 0 Å². The van der Waals surface area contributed by atoms with Gasteiger partial charge in [0.25, 0.3) is 0 Å². The summed E-state index contributed by atoms with van der Waals surface area (Å²) < 4.78 is 0. The van der Waals surface area contributed by atoms with Crippen molar-refractivity contribution >= 4 is 17.5 Å². The Kier molecular flexibility index (Phi) is 5.54. The summed E-state index contributed by atoms with van der Waals surface area (Å²) in [7, 11) is 1.63. The summed E-state index contributed by atoms with van der Waals surface area (Å²) in [5.41, 5.74) is 4.18. The van der Waals surface area contributed by atoms with E-state index in [-0.39, 0.29) is 24.3 Å². The van der Waals surface area contributed by atoms with Crippen LogP contribution in [-0.2, 0) is 21.4 Å². The number of rotatable bonds is 4. The smallest absolute Gasteiger partial charge is 0.238 e. The molecule has 0 aromatic heterocycles. The normalized spacial score (nSPS) is 26.0. The number of hydrogen-bond acceptors (Lipinski definition) is 3. The summed E-state index contributed by atoms with van der Waals surface area (Å²) in [5, 5.41) is 2.70. The summed E-state index contributed by atoms with van der Waals surface area (Å²) >= 11 is 0. The van der Waals surface area contributed by atoms with Crippen molar-refractivity contribution in [1.82, 2.24) is 10.2 Å². The lowest BCUT2D eigenvalue weighted by atomic mass is 9.80. The Morgan fingerprint density at radius 1 is 1.06 bits per heavy atom. The number of carbonyl (C=O) groups excluding carboxylic acids is 2. The third-order valence-corrected chi connectivity index (χ3v) is 7.88. The molecule has 5 rings (SSSR count). The van der Waals surface area contributed by atoms with E-state index < -0.39 is 5.41 Å². The number of nitrogens with zero attached hydrogens (tertiary/aromatic N) is 2.